The van der Waals surface area contributed by atoms with E-state index in [9.17, 15) is 0 Å². The summed E-state index contributed by atoms with van der Waals surface area (Å²) < 4.78 is 5.53. The second-order valence-corrected chi connectivity index (χ2v) is 6.29. The highest BCUT2D eigenvalue weighted by Gasteiger charge is 2.26. The maximum absolute atomic E-state index is 6.41. The zero-order chi connectivity index (χ0) is 15.2. The molecule has 0 aliphatic carbocycles. The second kappa shape index (κ2) is 7.59. The maximum atomic E-state index is 6.41. The zero-order valence-corrected chi connectivity index (χ0v) is 13.8. The van der Waals surface area contributed by atoms with E-state index in [4.69, 9.17) is 10.5 Å². The molecule has 0 spiro atoms. The van der Waals surface area contributed by atoms with Crippen molar-refractivity contribution in [3.05, 3.63) is 52.2 Å². The smallest absolute Gasteiger partial charge is 0.123 e. The van der Waals surface area contributed by atoms with Crippen LogP contribution in [0.1, 0.15) is 29.8 Å². The molecule has 0 bridgehead atoms. The van der Waals surface area contributed by atoms with E-state index in [1.165, 1.54) is 4.88 Å². The first kappa shape index (κ1) is 16.0. The summed E-state index contributed by atoms with van der Waals surface area (Å²) in [6, 6.07) is 12.6. The normalized spacial score (nSPS) is 14.1. The van der Waals surface area contributed by atoms with Gasteiger partial charge in [-0.1, -0.05) is 31.2 Å². The number of rotatable bonds is 7. The van der Waals surface area contributed by atoms with E-state index in [1.54, 1.807) is 18.4 Å². The fourth-order valence-corrected chi connectivity index (χ4v) is 3.44. The van der Waals surface area contributed by atoms with Gasteiger partial charge >= 0.3 is 0 Å². The Morgan fingerprint density at radius 1 is 1.24 bits per heavy atom. The summed E-state index contributed by atoms with van der Waals surface area (Å²) in [7, 11) is 3.85. The Hall–Kier alpha value is -1.36. The number of benzene rings is 1. The van der Waals surface area contributed by atoms with Gasteiger partial charge in [0.05, 0.1) is 13.2 Å². The SMILES string of the molecule is CCC(N)C(c1ccccc1OC)N(C)Cc1cccs1. The zero-order valence-electron chi connectivity index (χ0n) is 13.0. The summed E-state index contributed by atoms with van der Waals surface area (Å²) in [5.41, 5.74) is 7.57. The molecule has 0 amide bonds. The molecule has 2 rings (SSSR count). The molecule has 1 heterocycles. The minimum Gasteiger partial charge on any atom is -0.496 e. The van der Waals surface area contributed by atoms with E-state index < -0.39 is 0 Å². The molecule has 2 unspecified atom stereocenters. The standard InChI is InChI=1S/C17H24N2OS/c1-4-15(18)17(14-9-5-6-10-16(14)20-3)19(2)12-13-8-7-11-21-13/h5-11,15,17H,4,12,18H2,1-3H3. The first-order valence-electron chi connectivity index (χ1n) is 7.28. The summed E-state index contributed by atoms with van der Waals surface area (Å²) in [6.45, 7) is 3.03. The summed E-state index contributed by atoms with van der Waals surface area (Å²) in [5.74, 6) is 0.907. The fourth-order valence-electron chi connectivity index (χ4n) is 2.68. The van der Waals surface area contributed by atoms with E-state index in [1.807, 2.05) is 18.2 Å². The lowest BCUT2D eigenvalue weighted by Gasteiger charge is -2.33. The van der Waals surface area contributed by atoms with Crippen LogP contribution < -0.4 is 10.5 Å². The van der Waals surface area contributed by atoms with Gasteiger partial charge in [0.15, 0.2) is 0 Å². The van der Waals surface area contributed by atoms with Crippen LogP contribution in [0, 0.1) is 0 Å². The summed E-state index contributed by atoms with van der Waals surface area (Å²) >= 11 is 1.78. The monoisotopic (exact) mass is 304 g/mol. The molecule has 3 nitrogen and oxygen atoms in total. The van der Waals surface area contributed by atoms with Crippen molar-refractivity contribution < 1.29 is 4.74 Å². The number of ether oxygens (including phenoxy) is 1. The molecule has 1 aromatic heterocycles. The van der Waals surface area contributed by atoms with Crippen molar-refractivity contribution in [1.82, 2.24) is 4.90 Å². The van der Waals surface area contributed by atoms with Gasteiger partial charge in [0.25, 0.3) is 0 Å². The lowest BCUT2D eigenvalue weighted by Crippen LogP contribution is -2.38. The van der Waals surface area contributed by atoms with Gasteiger partial charge < -0.3 is 10.5 Å². The van der Waals surface area contributed by atoms with Crippen LogP contribution in [0.4, 0.5) is 0 Å². The number of methoxy groups -OCH3 is 1. The van der Waals surface area contributed by atoms with E-state index in [-0.39, 0.29) is 12.1 Å². The second-order valence-electron chi connectivity index (χ2n) is 5.25. The van der Waals surface area contributed by atoms with E-state index in [0.717, 1.165) is 24.3 Å². The summed E-state index contributed by atoms with van der Waals surface area (Å²) in [4.78, 5) is 3.67. The number of hydrogen-bond acceptors (Lipinski definition) is 4. The van der Waals surface area contributed by atoms with Crippen LogP contribution in [-0.2, 0) is 6.54 Å². The van der Waals surface area contributed by atoms with Crippen molar-refractivity contribution in [3.63, 3.8) is 0 Å². The van der Waals surface area contributed by atoms with Gasteiger partial charge in [-0.2, -0.15) is 0 Å². The van der Waals surface area contributed by atoms with Crippen LogP contribution in [-0.4, -0.2) is 25.1 Å². The van der Waals surface area contributed by atoms with Crippen LogP contribution in [0.15, 0.2) is 41.8 Å². The summed E-state index contributed by atoms with van der Waals surface area (Å²) in [5, 5.41) is 2.11. The molecule has 0 saturated heterocycles. The molecule has 2 N–H and O–H groups in total. The molecule has 21 heavy (non-hydrogen) atoms. The highest BCUT2D eigenvalue weighted by Crippen LogP contribution is 2.32. The molecular weight excluding hydrogens is 280 g/mol. The van der Waals surface area contributed by atoms with Gasteiger partial charge in [-0.05, 0) is 31.0 Å². The Balaban J connectivity index is 2.29. The minimum absolute atomic E-state index is 0.0752. The van der Waals surface area contributed by atoms with Crippen LogP contribution >= 0.6 is 11.3 Å². The molecule has 4 heteroatoms. The average Bonchev–Trinajstić information content (AvgIpc) is 3.00. The van der Waals surface area contributed by atoms with Crippen molar-refractivity contribution >= 4 is 11.3 Å². The van der Waals surface area contributed by atoms with Gasteiger partial charge in [-0.3, -0.25) is 4.90 Å². The average molecular weight is 304 g/mol. The molecule has 0 aliphatic heterocycles. The van der Waals surface area contributed by atoms with Gasteiger partial charge in [-0.15, -0.1) is 11.3 Å². The number of nitrogens with zero attached hydrogens (tertiary/aromatic N) is 1. The van der Waals surface area contributed by atoms with Crippen LogP contribution in [0.2, 0.25) is 0 Å². The molecule has 2 atom stereocenters. The minimum atomic E-state index is 0.0752. The van der Waals surface area contributed by atoms with Gasteiger partial charge in [-0.25, -0.2) is 0 Å². The predicted octanol–water partition coefficient (Wildman–Crippen LogP) is 3.67. The van der Waals surface area contributed by atoms with Crippen LogP contribution in [0.25, 0.3) is 0 Å². The van der Waals surface area contributed by atoms with Crippen molar-refractivity contribution in [2.75, 3.05) is 14.2 Å². The first-order valence-corrected chi connectivity index (χ1v) is 8.16. The predicted molar refractivity (Wildman–Crippen MR) is 89.8 cm³/mol. The van der Waals surface area contributed by atoms with Gasteiger partial charge in [0.1, 0.15) is 5.75 Å². The molecule has 2 aromatic rings. The molecule has 114 valence electrons. The Morgan fingerprint density at radius 3 is 2.62 bits per heavy atom. The van der Waals surface area contributed by atoms with Crippen LogP contribution in [0.5, 0.6) is 5.75 Å². The Kier molecular flexibility index (Phi) is 5.79. The number of thiophene rings is 1. The lowest BCUT2D eigenvalue weighted by molar-refractivity contribution is 0.199. The lowest BCUT2D eigenvalue weighted by atomic mass is 9.95. The van der Waals surface area contributed by atoms with Crippen molar-refractivity contribution in [2.45, 2.75) is 32.0 Å². The van der Waals surface area contributed by atoms with Crippen molar-refractivity contribution in [3.8, 4) is 5.75 Å². The third-order valence-electron chi connectivity index (χ3n) is 3.79. The van der Waals surface area contributed by atoms with Gasteiger partial charge in [0.2, 0.25) is 0 Å². The number of para-hydroxylation sites is 1. The first-order chi connectivity index (χ1) is 10.2. The van der Waals surface area contributed by atoms with Crippen molar-refractivity contribution in [2.24, 2.45) is 5.73 Å². The largest absolute Gasteiger partial charge is 0.496 e. The van der Waals surface area contributed by atoms with E-state index in [0.29, 0.717) is 0 Å². The Bertz CT molecular complexity index is 541. The third-order valence-corrected chi connectivity index (χ3v) is 4.66. The summed E-state index contributed by atoms with van der Waals surface area (Å²) in [6.07, 6.45) is 0.928. The highest BCUT2D eigenvalue weighted by atomic mass is 32.1. The molecule has 1 aromatic carbocycles. The molecule has 0 fully saturated rings. The van der Waals surface area contributed by atoms with E-state index >= 15 is 0 Å². The molecule has 0 saturated carbocycles. The highest BCUT2D eigenvalue weighted by molar-refractivity contribution is 7.09. The maximum Gasteiger partial charge on any atom is 0.123 e. The fraction of sp³-hybridized carbons (Fsp3) is 0.412. The van der Waals surface area contributed by atoms with Gasteiger partial charge in [0, 0.05) is 23.0 Å². The molecular formula is C17H24N2OS. The number of likely N-dealkylation sites (N-methyl/N-ethyl adjacent to an activating group) is 1. The molecule has 0 radical (unpaired) electrons. The number of nitrogens with two attached hydrogens (primary N) is 1. The Morgan fingerprint density at radius 2 is 2.00 bits per heavy atom. The number of hydrogen-bond donors (Lipinski definition) is 1. The van der Waals surface area contributed by atoms with Crippen LogP contribution in [0.3, 0.4) is 0 Å². The third kappa shape index (κ3) is 3.84. The van der Waals surface area contributed by atoms with E-state index in [2.05, 4.69) is 42.5 Å². The topological polar surface area (TPSA) is 38.5 Å². The quantitative estimate of drug-likeness (QED) is 0.848. The Labute approximate surface area is 131 Å². The molecule has 0 aliphatic rings. The van der Waals surface area contributed by atoms with Crippen molar-refractivity contribution in [1.29, 1.82) is 0 Å².